The fourth-order valence-corrected chi connectivity index (χ4v) is 3.17. The van der Waals surface area contributed by atoms with Gasteiger partial charge >= 0.3 is 5.97 Å². The number of esters is 1. The van der Waals surface area contributed by atoms with Gasteiger partial charge in [0.05, 0.1) is 18.8 Å². The maximum Gasteiger partial charge on any atom is 0.307 e. The van der Waals surface area contributed by atoms with Crippen LogP contribution < -0.4 is 0 Å². The van der Waals surface area contributed by atoms with E-state index in [1.807, 2.05) is 12.1 Å². The highest BCUT2D eigenvalue weighted by atomic mass is 32.2. The molecule has 0 radical (unpaired) electrons. The molecule has 0 saturated heterocycles. The molecular weight excluding hydrogens is 324 g/mol. The average Bonchev–Trinajstić information content (AvgIpc) is 2.56. The largest absolute Gasteiger partial charge is 0.466 e. The van der Waals surface area contributed by atoms with Gasteiger partial charge in [0.1, 0.15) is 0 Å². The average molecular weight is 353 g/mol. The molecule has 24 heavy (non-hydrogen) atoms. The molecule has 1 aromatic heterocycles. The van der Waals surface area contributed by atoms with Crippen LogP contribution in [-0.4, -0.2) is 46.4 Å². The first kappa shape index (κ1) is 20.5. The third-order valence-electron chi connectivity index (χ3n) is 3.41. The second-order valence-electron chi connectivity index (χ2n) is 5.97. The predicted octanol–water partition coefficient (Wildman–Crippen LogP) is 3.14. The quantitative estimate of drug-likeness (QED) is 0.452. The first-order chi connectivity index (χ1) is 11.5. The van der Waals surface area contributed by atoms with Crippen LogP contribution in [0.4, 0.5) is 0 Å². The summed E-state index contributed by atoms with van der Waals surface area (Å²) in [5.74, 6) is 1.84. The molecule has 1 amide bonds. The first-order valence-electron chi connectivity index (χ1n) is 8.43. The Kier molecular flexibility index (Phi) is 10.2. The fourth-order valence-electron chi connectivity index (χ4n) is 2.03. The van der Waals surface area contributed by atoms with E-state index in [-0.39, 0.29) is 18.3 Å². The van der Waals surface area contributed by atoms with Gasteiger partial charge in [-0.25, -0.2) is 0 Å². The molecular formula is C18H28N2O3S. The lowest BCUT2D eigenvalue weighted by Crippen LogP contribution is -2.34. The van der Waals surface area contributed by atoms with E-state index in [2.05, 4.69) is 18.8 Å². The Bertz CT molecular complexity index is 494. The number of hydrogen-bond acceptors (Lipinski definition) is 5. The maximum atomic E-state index is 12.5. The molecule has 0 aromatic carbocycles. The number of carbonyl (C=O) groups excluding carboxylic acids is 2. The zero-order chi connectivity index (χ0) is 17.8. The van der Waals surface area contributed by atoms with Crippen molar-refractivity contribution in [2.75, 3.05) is 24.7 Å². The van der Waals surface area contributed by atoms with E-state index in [1.165, 1.54) is 0 Å². The second-order valence-corrected chi connectivity index (χ2v) is 7.07. The van der Waals surface area contributed by atoms with Gasteiger partial charge in [0, 0.05) is 25.5 Å². The number of ether oxygens (including phenoxy) is 1. The molecule has 0 bridgehead atoms. The Morgan fingerprint density at radius 1 is 1.38 bits per heavy atom. The van der Waals surface area contributed by atoms with E-state index in [0.717, 1.165) is 17.7 Å². The van der Waals surface area contributed by atoms with Crippen LogP contribution in [0.2, 0.25) is 0 Å². The minimum absolute atomic E-state index is 0.0527. The Morgan fingerprint density at radius 2 is 2.17 bits per heavy atom. The molecule has 0 aliphatic carbocycles. The number of pyridine rings is 1. The van der Waals surface area contributed by atoms with Gasteiger partial charge in [-0.2, -0.15) is 11.8 Å². The summed E-state index contributed by atoms with van der Waals surface area (Å²) >= 11 is 1.65. The molecule has 0 fully saturated rings. The van der Waals surface area contributed by atoms with Crippen LogP contribution in [0.15, 0.2) is 24.5 Å². The van der Waals surface area contributed by atoms with Gasteiger partial charge in [-0.05, 0) is 36.6 Å². The van der Waals surface area contributed by atoms with Crippen molar-refractivity contribution in [2.24, 2.45) is 5.92 Å². The number of thioether (sulfide) groups is 1. The number of hydrogen-bond donors (Lipinski definition) is 0. The molecule has 0 N–H and O–H groups in total. The van der Waals surface area contributed by atoms with E-state index < -0.39 is 0 Å². The van der Waals surface area contributed by atoms with E-state index >= 15 is 0 Å². The Labute approximate surface area is 149 Å². The van der Waals surface area contributed by atoms with Crippen LogP contribution in [0.25, 0.3) is 0 Å². The summed E-state index contributed by atoms with van der Waals surface area (Å²) in [6.45, 7) is 7.34. The summed E-state index contributed by atoms with van der Waals surface area (Å²) in [7, 11) is 0. The second kappa shape index (κ2) is 11.9. The summed E-state index contributed by atoms with van der Waals surface area (Å²) in [5, 5.41) is 0. The smallest absolute Gasteiger partial charge is 0.307 e. The number of rotatable bonds is 11. The van der Waals surface area contributed by atoms with Crippen LogP contribution in [0.3, 0.4) is 0 Å². The van der Waals surface area contributed by atoms with E-state index in [0.29, 0.717) is 31.4 Å². The number of amides is 1. The Morgan fingerprint density at radius 3 is 2.79 bits per heavy atom. The lowest BCUT2D eigenvalue weighted by atomic mass is 10.2. The van der Waals surface area contributed by atoms with Gasteiger partial charge < -0.3 is 9.64 Å². The topological polar surface area (TPSA) is 59.5 Å². The zero-order valence-electron chi connectivity index (χ0n) is 14.9. The van der Waals surface area contributed by atoms with Gasteiger partial charge in [0.15, 0.2) is 0 Å². The van der Waals surface area contributed by atoms with E-state index in [9.17, 15) is 9.59 Å². The third-order valence-corrected chi connectivity index (χ3v) is 4.38. The minimum atomic E-state index is -0.269. The predicted molar refractivity (Wildman–Crippen MR) is 97.7 cm³/mol. The van der Waals surface area contributed by atoms with Gasteiger partial charge in [-0.1, -0.05) is 19.9 Å². The van der Waals surface area contributed by atoms with Crippen LogP contribution in [0, 0.1) is 5.92 Å². The number of carbonyl (C=O) groups is 2. The van der Waals surface area contributed by atoms with Gasteiger partial charge in [0.2, 0.25) is 5.91 Å². The molecule has 0 saturated carbocycles. The SMILES string of the molecule is CCOC(=O)CCN(Cc1cccnc1)C(=O)CSCCC(C)C. The highest BCUT2D eigenvalue weighted by molar-refractivity contribution is 7.99. The van der Waals surface area contributed by atoms with Gasteiger partial charge in [-0.15, -0.1) is 0 Å². The molecule has 1 aromatic rings. The van der Waals surface area contributed by atoms with Crippen LogP contribution in [-0.2, 0) is 20.9 Å². The molecule has 0 unspecified atom stereocenters. The van der Waals surface area contributed by atoms with Crippen molar-refractivity contribution in [3.8, 4) is 0 Å². The minimum Gasteiger partial charge on any atom is -0.466 e. The normalized spacial score (nSPS) is 10.7. The van der Waals surface area contributed by atoms with Gasteiger partial charge in [0.25, 0.3) is 0 Å². The lowest BCUT2D eigenvalue weighted by Gasteiger charge is -2.22. The van der Waals surface area contributed by atoms with Crippen molar-refractivity contribution >= 4 is 23.6 Å². The molecule has 1 rings (SSSR count). The number of aromatic nitrogens is 1. The fraction of sp³-hybridized carbons (Fsp3) is 0.611. The zero-order valence-corrected chi connectivity index (χ0v) is 15.7. The molecule has 0 aliphatic heterocycles. The standard InChI is InChI=1S/C18H28N2O3S/c1-4-23-18(22)7-10-20(13-16-6-5-9-19-12-16)17(21)14-24-11-8-15(2)3/h5-6,9,12,15H,4,7-8,10-11,13-14H2,1-3H3. The summed E-state index contributed by atoms with van der Waals surface area (Å²) in [6, 6.07) is 3.78. The molecule has 6 heteroatoms. The van der Waals surface area contributed by atoms with Crippen molar-refractivity contribution in [1.82, 2.24) is 9.88 Å². The van der Waals surface area contributed by atoms with Crippen LogP contribution in [0.1, 0.15) is 39.2 Å². The highest BCUT2D eigenvalue weighted by Crippen LogP contribution is 2.12. The first-order valence-corrected chi connectivity index (χ1v) is 9.58. The third kappa shape index (κ3) is 8.91. The molecule has 0 atom stereocenters. The van der Waals surface area contributed by atoms with Crippen molar-refractivity contribution in [3.05, 3.63) is 30.1 Å². The molecule has 1 heterocycles. The summed E-state index contributed by atoms with van der Waals surface area (Å²) in [6.07, 6.45) is 4.77. The lowest BCUT2D eigenvalue weighted by molar-refractivity contribution is -0.144. The number of nitrogens with zero attached hydrogens (tertiary/aromatic N) is 2. The summed E-state index contributed by atoms with van der Waals surface area (Å²) in [4.78, 5) is 29.9. The summed E-state index contributed by atoms with van der Waals surface area (Å²) < 4.78 is 4.95. The Balaban J connectivity index is 2.55. The monoisotopic (exact) mass is 352 g/mol. The Hall–Kier alpha value is -1.56. The van der Waals surface area contributed by atoms with Crippen molar-refractivity contribution in [2.45, 2.75) is 40.2 Å². The van der Waals surface area contributed by atoms with E-state index in [4.69, 9.17) is 4.74 Å². The van der Waals surface area contributed by atoms with Gasteiger partial charge in [-0.3, -0.25) is 14.6 Å². The maximum absolute atomic E-state index is 12.5. The highest BCUT2D eigenvalue weighted by Gasteiger charge is 2.16. The van der Waals surface area contributed by atoms with Crippen LogP contribution in [0.5, 0.6) is 0 Å². The molecule has 134 valence electrons. The molecule has 0 aliphatic rings. The van der Waals surface area contributed by atoms with Crippen LogP contribution >= 0.6 is 11.8 Å². The van der Waals surface area contributed by atoms with Crippen molar-refractivity contribution < 1.29 is 14.3 Å². The van der Waals surface area contributed by atoms with Crippen molar-refractivity contribution in [1.29, 1.82) is 0 Å². The molecule has 5 nitrogen and oxygen atoms in total. The molecule has 0 spiro atoms. The summed E-state index contributed by atoms with van der Waals surface area (Å²) in [5.41, 5.74) is 0.960. The van der Waals surface area contributed by atoms with E-state index in [1.54, 1.807) is 36.0 Å². The van der Waals surface area contributed by atoms with Crippen molar-refractivity contribution in [3.63, 3.8) is 0 Å².